The maximum atomic E-state index is 12.2. The summed E-state index contributed by atoms with van der Waals surface area (Å²) in [5, 5.41) is 2.78. The number of benzene rings is 2. The van der Waals surface area contributed by atoms with E-state index >= 15 is 0 Å². The molecule has 0 bridgehead atoms. The van der Waals surface area contributed by atoms with Crippen molar-refractivity contribution >= 4 is 17.5 Å². The van der Waals surface area contributed by atoms with Crippen LogP contribution in [-0.4, -0.2) is 37.9 Å². The molecule has 0 heterocycles. The van der Waals surface area contributed by atoms with Gasteiger partial charge in [-0.2, -0.15) is 0 Å². The van der Waals surface area contributed by atoms with E-state index in [-0.39, 0.29) is 11.8 Å². The average molecular weight is 298 g/mol. The van der Waals surface area contributed by atoms with Gasteiger partial charge in [-0.25, -0.2) is 0 Å². The highest BCUT2D eigenvalue weighted by Crippen LogP contribution is 2.16. The number of methoxy groups -OCH3 is 1. The first-order chi connectivity index (χ1) is 10.5. The minimum atomic E-state index is -0.256. The zero-order chi connectivity index (χ0) is 16.1. The predicted octanol–water partition coefficient (Wildman–Crippen LogP) is 2.65. The van der Waals surface area contributed by atoms with Crippen molar-refractivity contribution in [2.24, 2.45) is 0 Å². The Balaban J connectivity index is 2.18. The van der Waals surface area contributed by atoms with Crippen LogP contribution >= 0.6 is 0 Å². The Morgan fingerprint density at radius 2 is 1.68 bits per heavy atom. The monoisotopic (exact) mass is 298 g/mol. The van der Waals surface area contributed by atoms with E-state index in [9.17, 15) is 9.59 Å². The Kier molecular flexibility index (Phi) is 4.78. The molecule has 5 heteroatoms. The summed E-state index contributed by atoms with van der Waals surface area (Å²) in [4.78, 5) is 25.7. The number of amides is 2. The van der Waals surface area contributed by atoms with E-state index in [1.165, 1.54) is 4.90 Å². The lowest BCUT2D eigenvalue weighted by Gasteiger charge is -2.12. The highest BCUT2D eigenvalue weighted by Gasteiger charge is 2.11. The molecule has 0 spiro atoms. The smallest absolute Gasteiger partial charge is 0.255 e. The molecule has 0 fully saturated rings. The predicted molar refractivity (Wildman–Crippen MR) is 85.4 cm³/mol. The third-order valence-electron chi connectivity index (χ3n) is 3.11. The molecule has 2 aromatic rings. The summed E-state index contributed by atoms with van der Waals surface area (Å²) in [5.74, 6) is 0.245. The first kappa shape index (κ1) is 15.6. The highest BCUT2D eigenvalue weighted by molar-refractivity contribution is 6.05. The molecule has 0 radical (unpaired) electrons. The quantitative estimate of drug-likeness (QED) is 0.944. The van der Waals surface area contributed by atoms with Crippen molar-refractivity contribution in [2.45, 2.75) is 0 Å². The Hall–Kier alpha value is -2.82. The molecular weight excluding hydrogens is 280 g/mol. The summed E-state index contributed by atoms with van der Waals surface area (Å²) in [6, 6.07) is 13.7. The van der Waals surface area contributed by atoms with E-state index in [0.717, 1.165) is 0 Å². The zero-order valence-corrected chi connectivity index (χ0v) is 12.8. The number of carbonyl (C=O) groups is 2. The van der Waals surface area contributed by atoms with Crippen molar-refractivity contribution in [2.75, 3.05) is 26.5 Å². The van der Waals surface area contributed by atoms with E-state index in [2.05, 4.69) is 5.32 Å². The van der Waals surface area contributed by atoms with Crippen molar-refractivity contribution in [1.29, 1.82) is 0 Å². The van der Waals surface area contributed by atoms with Gasteiger partial charge < -0.3 is 15.0 Å². The van der Waals surface area contributed by atoms with E-state index < -0.39 is 0 Å². The Labute approximate surface area is 129 Å². The van der Waals surface area contributed by atoms with E-state index in [4.69, 9.17) is 4.74 Å². The van der Waals surface area contributed by atoms with Crippen LogP contribution in [-0.2, 0) is 0 Å². The first-order valence-electron chi connectivity index (χ1n) is 6.78. The van der Waals surface area contributed by atoms with Gasteiger partial charge >= 0.3 is 0 Å². The fourth-order valence-corrected chi connectivity index (χ4v) is 1.96. The summed E-state index contributed by atoms with van der Waals surface area (Å²) in [7, 11) is 4.92. The summed E-state index contributed by atoms with van der Waals surface area (Å²) < 4.78 is 5.10. The Morgan fingerprint density at radius 3 is 2.36 bits per heavy atom. The van der Waals surface area contributed by atoms with Crippen LogP contribution in [0.4, 0.5) is 5.69 Å². The van der Waals surface area contributed by atoms with Gasteiger partial charge in [-0.15, -0.1) is 0 Å². The number of anilines is 1. The van der Waals surface area contributed by atoms with E-state index in [1.54, 1.807) is 69.7 Å². The highest BCUT2D eigenvalue weighted by atomic mass is 16.5. The average Bonchev–Trinajstić information content (AvgIpc) is 2.54. The van der Waals surface area contributed by atoms with Crippen LogP contribution in [0, 0.1) is 0 Å². The topological polar surface area (TPSA) is 58.6 Å². The van der Waals surface area contributed by atoms with Crippen LogP contribution in [0.15, 0.2) is 48.5 Å². The lowest BCUT2D eigenvalue weighted by atomic mass is 10.1. The van der Waals surface area contributed by atoms with Gasteiger partial charge in [0.05, 0.1) is 7.11 Å². The molecule has 5 nitrogen and oxygen atoms in total. The minimum absolute atomic E-state index is 0.113. The van der Waals surface area contributed by atoms with Crippen LogP contribution in [0.1, 0.15) is 20.7 Å². The second kappa shape index (κ2) is 6.76. The number of carbonyl (C=O) groups excluding carboxylic acids is 2. The Bertz CT molecular complexity index is 696. The maximum absolute atomic E-state index is 12.2. The standard InChI is InChI=1S/C17H18N2O3/c1-19(2)17(21)13-7-4-8-14(10-13)18-16(20)12-6-5-9-15(11-12)22-3/h4-11H,1-3H3,(H,18,20). The van der Waals surface area contributed by atoms with Crippen LogP contribution in [0.2, 0.25) is 0 Å². The molecule has 0 aliphatic heterocycles. The molecule has 0 saturated carbocycles. The van der Waals surface area contributed by atoms with Crippen molar-refractivity contribution in [3.05, 3.63) is 59.7 Å². The Morgan fingerprint density at radius 1 is 1.00 bits per heavy atom. The summed E-state index contributed by atoms with van der Waals surface area (Å²) >= 11 is 0. The molecule has 0 aliphatic carbocycles. The number of hydrogen-bond donors (Lipinski definition) is 1. The molecule has 0 atom stereocenters. The number of hydrogen-bond acceptors (Lipinski definition) is 3. The second-order valence-corrected chi connectivity index (χ2v) is 4.97. The van der Waals surface area contributed by atoms with E-state index in [1.807, 2.05) is 0 Å². The molecule has 0 aliphatic rings. The van der Waals surface area contributed by atoms with Crippen LogP contribution in [0.3, 0.4) is 0 Å². The zero-order valence-electron chi connectivity index (χ0n) is 12.8. The third kappa shape index (κ3) is 3.63. The minimum Gasteiger partial charge on any atom is -0.497 e. The fourth-order valence-electron chi connectivity index (χ4n) is 1.96. The number of nitrogens with zero attached hydrogens (tertiary/aromatic N) is 1. The van der Waals surface area contributed by atoms with Crippen LogP contribution in [0.25, 0.3) is 0 Å². The molecule has 0 aromatic heterocycles. The van der Waals surface area contributed by atoms with Gasteiger partial charge in [-0.05, 0) is 36.4 Å². The lowest BCUT2D eigenvalue weighted by Crippen LogP contribution is -2.21. The molecule has 2 rings (SSSR count). The maximum Gasteiger partial charge on any atom is 0.255 e. The summed E-state index contributed by atoms with van der Waals surface area (Å²) in [6.07, 6.45) is 0. The number of nitrogens with one attached hydrogen (secondary N) is 1. The van der Waals surface area contributed by atoms with Crippen LogP contribution in [0.5, 0.6) is 5.75 Å². The van der Waals surface area contributed by atoms with Crippen molar-refractivity contribution < 1.29 is 14.3 Å². The van der Waals surface area contributed by atoms with Crippen molar-refractivity contribution in [1.82, 2.24) is 4.90 Å². The normalized spacial score (nSPS) is 9.95. The second-order valence-electron chi connectivity index (χ2n) is 4.97. The van der Waals surface area contributed by atoms with Gasteiger partial charge in [0.2, 0.25) is 0 Å². The SMILES string of the molecule is COc1cccc(C(=O)Nc2cccc(C(=O)N(C)C)c2)c1. The largest absolute Gasteiger partial charge is 0.497 e. The lowest BCUT2D eigenvalue weighted by molar-refractivity contribution is 0.0827. The van der Waals surface area contributed by atoms with Gasteiger partial charge in [-0.3, -0.25) is 9.59 Å². The number of ether oxygens (including phenoxy) is 1. The molecule has 114 valence electrons. The van der Waals surface area contributed by atoms with E-state index in [0.29, 0.717) is 22.6 Å². The van der Waals surface area contributed by atoms with Crippen LogP contribution < -0.4 is 10.1 Å². The van der Waals surface area contributed by atoms with Gasteiger partial charge in [0.1, 0.15) is 5.75 Å². The molecule has 0 unspecified atom stereocenters. The fraction of sp³-hybridized carbons (Fsp3) is 0.176. The summed E-state index contributed by atoms with van der Waals surface area (Å²) in [5.41, 5.74) is 1.58. The molecule has 2 amide bonds. The van der Waals surface area contributed by atoms with Crippen molar-refractivity contribution in [3.63, 3.8) is 0 Å². The molecule has 2 aromatic carbocycles. The molecule has 1 N–H and O–H groups in total. The first-order valence-corrected chi connectivity index (χ1v) is 6.78. The van der Waals surface area contributed by atoms with Gasteiger partial charge in [0.25, 0.3) is 11.8 Å². The molecule has 22 heavy (non-hydrogen) atoms. The number of rotatable bonds is 4. The third-order valence-corrected chi connectivity index (χ3v) is 3.11. The van der Waals surface area contributed by atoms with Gasteiger partial charge in [-0.1, -0.05) is 12.1 Å². The molecular formula is C17H18N2O3. The van der Waals surface area contributed by atoms with Crippen molar-refractivity contribution in [3.8, 4) is 5.75 Å². The molecule has 0 saturated heterocycles. The summed E-state index contributed by atoms with van der Waals surface area (Å²) in [6.45, 7) is 0. The van der Waals surface area contributed by atoms with Gasteiger partial charge in [0.15, 0.2) is 0 Å². The van der Waals surface area contributed by atoms with Gasteiger partial charge in [0, 0.05) is 30.9 Å².